The number of para-hydroxylation sites is 1. The van der Waals surface area contributed by atoms with Crippen molar-refractivity contribution in [2.24, 2.45) is 4.99 Å². The Morgan fingerprint density at radius 2 is 1.88 bits per heavy atom. The first-order valence-corrected chi connectivity index (χ1v) is 10.8. The summed E-state index contributed by atoms with van der Waals surface area (Å²) in [6.07, 6.45) is 1.67. The third kappa shape index (κ3) is 6.11. The first-order chi connectivity index (χ1) is 15.5. The molecule has 0 aliphatic heterocycles. The predicted octanol–water partition coefficient (Wildman–Crippen LogP) is 4.02. The Kier molecular flexibility index (Phi) is 8.27. The van der Waals surface area contributed by atoms with Gasteiger partial charge in [-0.2, -0.15) is 0 Å². The molecule has 1 atom stereocenters. The lowest BCUT2D eigenvalue weighted by Gasteiger charge is -2.27. The molecular formula is C25H33N5O2. The van der Waals surface area contributed by atoms with E-state index in [1.54, 1.807) is 13.4 Å². The molecule has 2 aromatic carbocycles. The van der Waals surface area contributed by atoms with Crippen LogP contribution in [-0.2, 0) is 6.54 Å². The molecule has 1 aromatic heterocycles. The number of rotatable bonds is 9. The fourth-order valence-electron chi connectivity index (χ4n) is 3.42. The van der Waals surface area contributed by atoms with Crippen LogP contribution in [-0.4, -0.2) is 50.1 Å². The molecule has 2 N–H and O–H groups in total. The summed E-state index contributed by atoms with van der Waals surface area (Å²) in [6, 6.07) is 16.3. The van der Waals surface area contributed by atoms with Crippen LogP contribution in [0.4, 0.5) is 0 Å². The maximum absolute atomic E-state index is 5.65. The Hall–Kier alpha value is -3.32. The van der Waals surface area contributed by atoms with Gasteiger partial charge in [-0.05, 0) is 46.1 Å². The fourth-order valence-corrected chi connectivity index (χ4v) is 3.42. The van der Waals surface area contributed by atoms with E-state index < -0.39 is 0 Å². The van der Waals surface area contributed by atoms with Crippen molar-refractivity contribution in [2.75, 3.05) is 34.3 Å². The first-order valence-electron chi connectivity index (χ1n) is 10.8. The van der Waals surface area contributed by atoms with Gasteiger partial charge in [0, 0.05) is 24.2 Å². The standard InChI is InChI=1S/C25H33N5O2/c1-6-26-25(28-16-22(30(3)4)21-9-7-8-10-23(21)31-5)27-15-20-17-32-24(29-20)19-13-11-18(2)12-14-19/h7-14,17,22H,6,15-16H2,1-5H3,(H2,26,27,28). The van der Waals surface area contributed by atoms with Crippen molar-refractivity contribution in [1.29, 1.82) is 0 Å². The number of nitrogens with zero attached hydrogens (tertiary/aromatic N) is 3. The number of nitrogens with one attached hydrogen (secondary N) is 2. The summed E-state index contributed by atoms with van der Waals surface area (Å²) in [6.45, 7) is 5.97. The average Bonchev–Trinajstić information content (AvgIpc) is 3.27. The molecule has 0 radical (unpaired) electrons. The Balaban J connectivity index is 1.68. The number of benzene rings is 2. The van der Waals surface area contributed by atoms with Gasteiger partial charge in [0.1, 0.15) is 17.7 Å². The second-order valence-electron chi connectivity index (χ2n) is 7.81. The summed E-state index contributed by atoms with van der Waals surface area (Å²) < 4.78 is 11.2. The quantitative estimate of drug-likeness (QED) is 0.391. The molecule has 1 heterocycles. The maximum Gasteiger partial charge on any atom is 0.226 e. The Bertz CT molecular complexity index is 1010. The number of guanidine groups is 1. The zero-order chi connectivity index (χ0) is 22.9. The van der Waals surface area contributed by atoms with Crippen LogP contribution in [0.1, 0.15) is 29.8 Å². The highest BCUT2D eigenvalue weighted by Crippen LogP contribution is 2.27. The number of aromatic nitrogens is 1. The van der Waals surface area contributed by atoms with Crippen LogP contribution < -0.4 is 15.4 Å². The molecule has 7 heteroatoms. The fraction of sp³-hybridized carbons (Fsp3) is 0.360. The Morgan fingerprint density at radius 1 is 1.12 bits per heavy atom. The number of aryl methyl sites for hydroxylation is 1. The van der Waals surface area contributed by atoms with E-state index in [1.807, 2.05) is 49.4 Å². The zero-order valence-corrected chi connectivity index (χ0v) is 19.6. The van der Waals surface area contributed by atoms with Crippen molar-refractivity contribution in [3.8, 4) is 17.2 Å². The highest BCUT2D eigenvalue weighted by molar-refractivity contribution is 5.79. The van der Waals surface area contributed by atoms with Gasteiger partial charge in [-0.25, -0.2) is 9.98 Å². The van der Waals surface area contributed by atoms with Gasteiger partial charge in [-0.15, -0.1) is 0 Å². The molecule has 32 heavy (non-hydrogen) atoms. The van der Waals surface area contributed by atoms with Crippen molar-refractivity contribution >= 4 is 5.96 Å². The third-order valence-electron chi connectivity index (χ3n) is 5.18. The van der Waals surface area contributed by atoms with Crippen LogP contribution in [0.25, 0.3) is 11.5 Å². The summed E-state index contributed by atoms with van der Waals surface area (Å²) in [7, 11) is 5.82. The summed E-state index contributed by atoms with van der Waals surface area (Å²) in [5, 5.41) is 6.75. The monoisotopic (exact) mass is 435 g/mol. The summed E-state index contributed by atoms with van der Waals surface area (Å²) >= 11 is 0. The molecule has 3 aromatic rings. The maximum atomic E-state index is 5.65. The minimum Gasteiger partial charge on any atom is -0.496 e. The number of oxazole rings is 1. The van der Waals surface area contributed by atoms with Crippen molar-refractivity contribution < 1.29 is 9.15 Å². The summed E-state index contributed by atoms with van der Waals surface area (Å²) in [5.41, 5.74) is 4.08. The smallest absolute Gasteiger partial charge is 0.226 e. The number of hydrogen-bond acceptors (Lipinski definition) is 5. The lowest BCUT2D eigenvalue weighted by molar-refractivity contribution is 0.287. The number of methoxy groups -OCH3 is 1. The predicted molar refractivity (Wildman–Crippen MR) is 129 cm³/mol. The molecule has 7 nitrogen and oxygen atoms in total. The zero-order valence-electron chi connectivity index (χ0n) is 19.6. The van der Waals surface area contributed by atoms with Gasteiger partial charge in [-0.3, -0.25) is 0 Å². The topological polar surface area (TPSA) is 74.9 Å². The number of aliphatic imine (C=N–C) groups is 1. The van der Waals surface area contributed by atoms with E-state index in [1.165, 1.54) is 5.56 Å². The van der Waals surface area contributed by atoms with Gasteiger partial charge in [0.15, 0.2) is 5.96 Å². The van der Waals surface area contributed by atoms with E-state index in [0.29, 0.717) is 19.0 Å². The van der Waals surface area contributed by atoms with Gasteiger partial charge in [0.05, 0.1) is 19.7 Å². The van der Waals surface area contributed by atoms with Gasteiger partial charge < -0.3 is 24.7 Å². The molecule has 0 bridgehead atoms. The highest BCUT2D eigenvalue weighted by Gasteiger charge is 2.18. The number of ether oxygens (including phenoxy) is 1. The molecule has 0 saturated heterocycles. The minimum atomic E-state index is 0.121. The van der Waals surface area contributed by atoms with Crippen LogP contribution in [0, 0.1) is 6.92 Å². The van der Waals surface area contributed by atoms with Crippen LogP contribution in [0.2, 0.25) is 0 Å². The van der Waals surface area contributed by atoms with E-state index in [-0.39, 0.29) is 6.04 Å². The molecule has 1 unspecified atom stereocenters. The van der Waals surface area contributed by atoms with E-state index in [0.717, 1.165) is 35.1 Å². The molecule has 0 aliphatic carbocycles. The van der Waals surface area contributed by atoms with Gasteiger partial charge in [0.25, 0.3) is 0 Å². The largest absolute Gasteiger partial charge is 0.496 e. The molecule has 0 saturated carbocycles. The Morgan fingerprint density at radius 3 is 2.56 bits per heavy atom. The van der Waals surface area contributed by atoms with Crippen LogP contribution >= 0.6 is 0 Å². The molecule has 0 amide bonds. The lowest BCUT2D eigenvalue weighted by atomic mass is 10.0. The van der Waals surface area contributed by atoms with Crippen LogP contribution in [0.15, 0.2) is 64.2 Å². The third-order valence-corrected chi connectivity index (χ3v) is 5.18. The molecule has 0 spiro atoms. The minimum absolute atomic E-state index is 0.121. The number of hydrogen-bond donors (Lipinski definition) is 2. The molecule has 0 aliphatic rings. The summed E-state index contributed by atoms with van der Waals surface area (Å²) in [4.78, 5) is 11.4. The van der Waals surface area contributed by atoms with Crippen LogP contribution in [0.3, 0.4) is 0 Å². The van der Waals surface area contributed by atoms with E-state index in [9.17, 15) is 0 Å². The highest BCUT2D eigenvalue weighted by atomic mass is 16.5. The van der Waals surface area contributed by atoms with Crippen molar-refractivity contribution in [2.45, 2.75) is 26.4 Å². The van der Waals surface area contributed by atoms with Crippen molar-refractivity contribution in [1.82, 2.24) is 20.5 Å². The number of likely N-dealkylation sites (N-methyl/N-ethyl adjacent to an activating group) is 1. The van der Waals surface area contributed by atoms with Crippen LogP contribution in [0.5, 0.6) is 5.75 Å². The van der Waals surface area contributed by atoms with Gasteiger partial charge in [-0.1, -0.05) is 35.9 Å². The second-order valence-corrected chi connectivity index (χ2v) is 7.81. The SMILES string of the molecule is CCNC(=NCc1coc(-c2ccc(C)cc2)n1)NCC(c1ccccc1OC)N(C)C. The molecule has 0 fully saturated rings. The second kappa shape index (κ2) is 11.3. The van der Waals surface area contributed by atoms with Gasteiger partial charge >= 0.3 is 0 Å². The van der Waals surface area contributed by atoms with Crippen molar-refractivity contribution in [3.05, 3.63) is 71.6 Å². The summed E-state index contributed by atoms with van der Waals surface area (Å²) in [5.74, 6) is 2.22. The molecule has 3 rings (SSSR count). The molecular weight excluding hydrogens is 402 g/mol. The average molecular weight is 436 g/mol. The lowest BCUT2D eigenvalue weighted by Crippen LogP contribution is -2.41. The van der Waals surface area contributed by atoms with Gasteiger partial charge in [0.2, 0.25) is 5.89 Å². The van der Waals surface area contributed by atoms with E-state index >= 15 is 0 Å². The van der Waals surface area contributed by atoms with E-state index in [2.05, 4.69) is 47.6 Å². The normalized spacial score (nSPS) is 12.6. The Labute approximate surface area is 190 Å². The first kappa shape index (κ1) is 23.3. The van der Waals surface area contributed by atoms with E-state index in [4.69, 9.17) is 14.1 Å². The van der Waals surface area contributed by atoms with Crippen molar-refractivity contribution in [3.63, 3.8) is 0 Å². The molecule has 170 valence electrons.